The number of nitrogen functional groups attached to an aromatic ring is 1. The third kappa shape index (κ3) is 10.6. The molecule has 2 unspecified atom stereocenters. The molecule has 79 heavy (non-hydrogen) atoms. The second-order valence-corrected chi connectivity index (χ2v) is 25.4. The van der Waals surface area contributed by atoms with Crippen LogP contribution in [0.25, 0.3) is 47.4 Å². The number of β-amino-alcohol motifs (C(OH)–C–C–N with tert-alkyl or cyclic N) is 1. The van der Waals surface area contributed by atoms with Gasteiger partial charge in [0.2, 0.25) is 23.4 Å². The Hall–Kier alpha value is -6.08. The van der Waals surface area contributed by atoms with Gasteiger partial charge in [-0.15, -0.1) is 22.7 Å². The van der Waals surface area contributed by atoms with Crippen molar-refractivity contribution in [1.82, 2.24) is 40.3 Å². The third-order valence-corrected chi connectivity index (χ3v) is 19.1. The van der Waals surface area contributed by atoms with Crippen LogP contribution in [0.3, 0.4) is 0 Å². The number of carbonyl (C=O) groups excluding carboxylic acids is 3. The van der Waals surface area contributed by atoms with Gasteiger partial charge in [0.05, 0.1) is 49.5 Å². The van der Waals surface area contributed by atoms with E-state index < -0.39 is 35.2 Å². The van der Waals surface area contributed by atoms with Gasteiger partial charge in [-0.2, -0.15) is 9.97 Å². The van der Waals surface area contributed by atoms with Gasteiger partial charge in [-0.1, -0.05) is 62.7 Å². The normalized spacial score (nSPS) is 23.3. The lowest BCUT2D eigenvalue weighted by Gasteiger charge is -2.43. The number of carbonyl (C=O) groups is 3. The fourth-order valence-corrected chi connectivity index (χ4v) is 15.0. The SMILES string of the molecule is [C-]#[N+]c1c(N)sc2c(F)ccc(-c3c(Cl)cc4c(N5CC6CCC(C5)N6)nc(OC[C@@H]5CCCN5CCC[C@H]5CCC(=O)N5[C@H](C(=O)N5C[C@H](O)C[C@H]5C(=O)N[C@@H](C)c5ccc(-c6scnc6C)cc5)C(C)(C)C)nc4c3F)c12. The molecule has 5 N–H and O–H groups in total. The van der Waals surface area contributed by atoms with Crippen molar-refractivity contribution in [3.05, 3.63) is 87.3 Å². The molecule has 0 saturated carbocycles. The van der Waals surface area contributed by atoms with Crippen LogP contribution in [0.2, 0.25) is 5.02 Å². The van der Waals surface area contributed by atoms with E-state index in [1.54, 1.807) is 22.3 Å². The number of nitrogens with two attached hydrogens (primary N) is 1. The zero-order valence-electron chi connectivity index (χ0n) is 45.0. The number of amides is 3. The largest absolute Gasteiger partial charge is 0.462 e. The Morgan fingerprint density at radius 2 is 1.82 bits per heavy atom. The number of hydrogen-bond donors (Lipinski definition) is 4. The first-order chi connectivity index (χ1) is 37.9. The molecule has 0 aliphatic carbocycles. The Balaban J connectivity index is 0.778. The van der Waals surface area contributed by atoms with Gasteiger partial charge in [0.15, 0.2) is 5.82 Å². The molecular formula is C58H66ClF2N11O5S2. The molecule has 16 nitrogen and oxygen atoms in total. The highest BCUT2D eigenvalue weighted by Crippen LogP contribution is 2.49. The quantitative estimate of drug-likeness (QED) is 0.0715. The molecule has 3 aromatic carbocycles. The predicted molar refractivity (Wildman–Crippen MR) is 306 cm³/mol. The number of benzene rings is 3. The molecule has 21 heteroatoms. The predicted octanol–water partition coefficient (Wildman–Crippen LogP) is 9.82. The molecule has 6 aromatic rings. The van der Waals surface area contributed by atoms with E-state index in [1.165, 1.54) is 17.0 Å². The molecule has 8 atom stereocenters. The number of aromatic nitrogens is 3. The summed E-state index contributed by atoms with van der Waals surface area (Å²) < 4.78 is 39.2. The molecule has 3 aromatic heterocycles. The molecule has 5 saturated heterocycles. The molecule has 5 aliphatic rings. The second-order valence-electron chi connectivity index (χ2n) is 23.1. The number of aliphatic hydroxyl groups excluding tert-OH is 1. The first kappa shape index (κ1) is 54.9. The van der Waals surface area contributed by atoms with Gasteiger partial charge in [0.25, 0.3) is 0 Å². The molecule has 5 aliphatic heterocycles. The van der Waals surface area contributed by atoms with Crippen molar-refractivity contribution in [3.8, 4) is 27.6 Å². The number of fused-ring (bicyclic) bond motifs is 4. The summed E-state index contributed by atoms with van der Waals surface area (Å²) in [6, 6.07) is 10.5. The Morgan fingerprint density at radius 3 is 2.53 bits per heavy atom. The lowest BCUT2D eigenvalue weighted by atomic mass is 9.83. The topological polar surface area (TPSA) is 187 Å². The monoisotopic (exact) mass is 1130 g/mol. The third-order valence-electron chi connectivity index (χ3n) is 16.8. The zero-order valence-corrected chi connectivity index (χ0v) is 47.4. The summed E-state index contributed by atoms with van der Waals surface area (Å²) in [5, 5.41) is 18.5. The van der Waals surface area contributed by atoms with Gasteiger partial charge in [0.1, 0.15) is 35.8 Å². The number of thiazole rings is 1. The number of aliphatic hydroxyl groups is 1. The molecule has 0 spiro atoms. The highest BCUT2D eigenvalue weighted by atomic mass is 35.5. The summed E-state index contributed by atoms with van der Waals surface area (Å²) in [5.74, 6) is -1.59. The average Bonchev–Trinajstić information content (AvgIpc) is 4.52. The van der Waals surface area contributed by atoms with Crippen LogP contribution in [0.15, 0.2) is 48.0 Å². The van der Waals surface area contributed by atoms with Crippen LogP contribution >= 0.6 is 34.3 Å². The van der Waals surface area contributed by atoms with E-state index in [0.29, 0.717) is 50.1 Å². The van der Waals surface area contributed by atoms with Crippen molar-refractivity contribution in [2.24, 2.45) is 5.41 Å². The average molecular weight is 1130 g/mol. The number of piperazine rings is 1. The number of thiophene rings is 1. The highest BCUT2D eigenvalue weighted by molar-refractivity contribution is 7.23. The fourth-order valence-electron chi connectivity index (χ4n) is 12.9. The number of anilines is 2. The number of nitrogens with zero attached hydrogens (tertiary/aromatic N) is 8. The summed E-state index contributed by atoms with van der Waals surface area (Å²) in [4.78, 5) is 69.5. The molecule has 3 amide bonds. The number of rotatable bonds is 15. The summed E-state index contributed by atoms with van der Waals surface area (Å²) in [5.41, 5.74) is 10.5. The van der Waals surface area contributed by atoms with Crippen LogP contribution in [0.5, 0.6) is 6.01 Å². The van der Waals surface area contributed by atoms with E-state index in [-0.39, 0.29) is 116 Å². The first-order valence-corrected chi connectivity index (χ1v) is 29.5. The van der Waals surface area contributed by atoms with Crippen LogP contribution in [0.1, 0.15) is 103 Å². The van der Waals surface area contributed by atoms with E-state index in [1.807, 2.05) is 64.4 Å². The molecule has 11 rings (SSSR count). The smallest absolute Gasteiger partial charge is 0.319 e. The minimum absolute atomic E-state index is 0.00277. The number of ether oxygens (including phenoxy) is 1. The van der Waals surface area contributed by atoms with E-state index in [9.17, 15) is 19.5 Å². The number of nitrogens with one attached hydrogen (secondary N) is 2. The van der Waals surface area contributed by atoms with Gasteiger partial charge >= 0.3 is 6.01 Å². The van der Waals surface area contributed by atoms with Crippen molar-refractivity contribution < 1.29 is 33.0 Å². The van der Waals surface area contributed by atoms with Gasteiger partial charge in [-0.05, 0) is 106 Å². The standard InChI is InChI=1S/C58H66ClF2N11O5S2/c1-30(32-11-13-33(14-12-32)50-31(2)64-29-78-50)65-55(75)43-23-38(73)27-71(43)56(76)52(58(3,4)5)72-36(17-20-44(72)74)9-7-21-69-22-8-10-37(69)28-77-57-67-48-40(54(68-57)70-25-34-15-16-35(26-70)66-34)24-41(59)45(47(48)61)39-18-19-42(60)51-46(39)49(63-6)53(62)79-51/h11-14,18-19,24,29-30,34-38,43,52,66,73H,7-10,15-17,20-23,25-28,62H2,1-5H3,(H,65,75)/t30-,34?,35?,36-,37-,38+,43-,52+/m0/s1. The molecule has 2 bridgehead atoms. The van der Waals surface area contributed by atoms with Crippen molar-refractivity contribution >= 4 is 89.5 Å². The summed E-state index contributed by atoms with van der Waals surface area (Å²) in [6.07, 6.45) is 5.33. The van der Waals surface area contributed by atoms with Crippen LogP contribution in [-0.4, -0.2) is 134 Å². The van der Waals surface area contributed by atoms with Gasteiger partial charge in [-0.25, -0.2) is 18.6 Å². The van der Waals surface area contributed by atoms with E-state index >= 15 is 8.78 Å². The van der Waals surface area contributed by atoms with Crippen LogP contribution < -0.4 is 26.0 Å². The molecule has 5 fully saturated rings. The Bertz CT molecular complexity index is 3370. The highest BCUT2D eigenvalue weighted by Gasteiger charge is 2.50. The fraction of sp³-hybridized carbons (Fsp3) is 0.500. The summed E-state index contributed by atoms with van der Waals surface area (Å²) in [7, 11) is 0. The summed E-state index contributed by atoms with van der Waals surface area (Å²) in [6.45, 7) is 20.6. The minimum Gasteiger partial charge on any atom is -0.462 e. The van der Waals surface area contributed by atoms with Crippen molar-refractivity contribution in [3.63, 3.8) is 0 Å². The molecule has 8 heterocycles. The zero-order chi connectivity index (χ0) is 55.6. The van der Waals surface area contributed by atoms with Crippen LogP contribution in [0.4, 0.5) is 25.3 Å². The van der Waals surface area contributed by atoms with Crippen LogP contribution in [0, 0.1) is 30.5 Å². The number of hydrogen-bond acceptors (Lipinski definition) is 14. The van der Waals surface area contributed by atoms with E-state index in [0.717, 1.165) is 71.7 Å². The Labute approximate surface area is 471 Å². The maximum absolute atomic E-state index is 17.4. The Morgan fingerprint density at radius 1 is 1.06 bits per heavy atom. The van der Waals surface area contributed by atoms with E-state index in [4.69, 9.17) is 38.6 Å². The van der Waals surface area contributed by atoms with Crippen LogP contribution in [-0.2, 0) is 14.4 Å². The lowest BCUT2D eigenvalue weighted by molar-refractivity contribution is -0.152. The van der Waals surface area contributed by atoms with Crippen molar-refractivity contribution in [2.75, 3.05) is 50.0 Å². The lowest BCUT2D eigenvalue weighted by Crippen LogP contribution is -2.59. The number of aryl methyl sites for hydroxylation is 1. The van der Waals surface area contributed by atoms with E-state index in [2.05, 4.69) is 30.3 Å². The van der Waals surface area contributed by atoms with Gasteiger partial charge < -0.3 is 40.9 Å². The van der Waals surface area contributed by atoms with Gasteiger partial charge in [0, 0.05) is 73.0 Å². The maximum atomic E-state index is 17.4. The van der Waals surface area contributed by atoms with Crippen molar-refractivity contribution in [1.29, 1.82) is 0 Å². The Kier molecular flexibility index (Phi) is 15.4. The second kappa shape index (κ2) is 22.1. The molecule has 416 valence electrons. The number of halogens is 3. The minimum atomic E-state index is -0.906. The maximum Gasteiger partial charge on any atom is 0.319 e. The molecular weight excluding hydrogens is 1070 g/mol. The summed E-state index contributed by atoms with van der Waals surface area (Å²) >= 11 is 9.50. The number of likely N-dealkylation sites (tertiary alicyclic amines) is 3. The first-order valence-electron chi connectivity index (χ1n) is 27.4. The van der Waals surface area contributed by atoms with Gasteiger partial charge in [-0.3, -0.25) is 19.3 Å². The van der Waals surface area contributed by atoms with Crippen molar-refractivity contribution in [2.45, 2.75) is 141 Å². The molecule has 0 radical (unpaired) electrons.